The zero-order valence-electron chi connectivity index (χ0n) is 13.7. The van der Waals surface area contributed by atoms with Crippen LogP contribution in [0.1, 0.15) is 25.0 Å². The molecule has 1 amide bonds. The number of carbonyl (C=O) groups excluding carboxylic acids is 1. The monoisotopic (exact) mass is 407 g/mol. The SMILES string of the molecule is CC(=NNC(=O)C(C)Nc1ccc(Cl)cc1C)c1ccc(Br)cc1. The highest BCUT2D eigenvalue weighted by atomic mass is 79.9. The number of amides is 1. The van der Waals surface area contributed by atoms with Crippen LogP contribution in [0.5, 0.6) is 0 Å². The Morgan fingerprint density at radius 2 is 1.88 bits per heavy atom. The van der Waals surface area contributed by atoms with E-state index in [1.165, 1.54) is 0 Å². The predicted octanol–water partition coefficient (Wildman–Crippen LogP) is 4.75. The lowest BCUT2D eigenvalue weighted by Gasteiger charge is -2.16. The van der Waals surface area contributed by atoms with Gasteiger partial charge in [0.2, 0.25) is 0 Å². The second kappa shape index (κ2) is 8.31. The van der Waals surface area contributed by atoms with Gasteiger partial charge in [0.1, 0.15) is 6.04 Å². The fraction of sp³-hybridized carbons (Fsp3) is 0.222. The van der Waals surface area contributed by atoms with Crippen LogP contribution in [0.15, 0.2) is 52.0 Å². The number of nitrogens with zero attached hydrogens (tertiary/aromatic N) is 1. The molecule has 4 nitrogen and oxygen atoms in total. The number of carbonyl (C=O) groups is 1. The molecular weight excluding hydrogens is 390 g/mol. The topological polar surface area (TPSA) is 53.5 Å². The molecule has 2 aromatic rings. The highest BCUT2D eigenvalue weighted by Gasteiger charge is 2.13. The van der Waals surface area contributed by atoms with E-state index in [1.807, 2.05) is 50.2 Å². The van der Waals surface area contributed by atoms with Gasteiger partial charge in [-0.15, -0.1) is 0 Å². The molecule has 0 heterocycles. The lowest BCUT2D eigenvalue weighted by Crippen LogP contribution is -2.35. The van der Waals surface area contributed by atoms with E-state index in [-0.39, 0.29) is 5.91 Å². The maximum Gasteiger partial charge on any atom is 0.262 e. The second-order valence-electron chi connectivity index (χ2n) is 5.51. The zero-order chi connectivity index (χ0) is 17.7. The molecule has 0 aliphatic carbocycles. The number of aryl methyl sites for hydroxylation is 1. The Bertz CT molecular complexity index is 759. The van der Waals surface area contributed by atoms with Gasteiger partial charge in [0, 0.05) is 15.2 Å². The zero-order valence-corrected chi connectivity index (χ0v) is 16.1. The molecule has 1 atom stereocenters. The summed E-state index contributed by atoms with van der Waals surface area (Å²) in [4.78, 5) is 12.2. The third kappa shape index (κ3) is 5.08. The van der Waals surface area contributed by atoms with Crippen molar-refractivity contribution in [1.82, 2.24) is 5.43 Å². The summed E-state index contributed by atoms with van der Waals surface area (Å²) in [5, 5.41) is 8.00. The molecule has 0 fully saturated rings. The summed E-state index contributed by atoms with van der Waals surface area (Å²) in [6.45, 7) is 5.58. The van der Waals surface area contributed by atoms with Crippen molar-refractivity contribution in [3.63, 3.8) is 0 Å². The molecule has 0 aromatic heterocycles. The molecule has 0 saturated carbocycles. The Balaban J connectivity index is 1.98. The molecule has 0 bridgehead atoms. The minimum atomic E-state index is -0.425. The van der Waals surface area contributed by atoms with Crippen molar-refractivity contribution < 1.29 is 4.79 Å². The number of hydrazone groups is 1. The number of hydrogen-bond acceptors (Lipinski definition) is 3. The Morgan fingerprint density at radius 1 is 1.21 bits per heavy atom. The molecule has 2 aromatic carbocycles. The van der Waals surface area contributed by atoms with E-state index in [1.54, 1.807) is 13.0 Å². The first-order valence-electron chi connectivity index (χ1n) is 7.49. The van der Waals surface area contributed by atoms with Gasteiger partial charge in [-0.25, -0.2) is 5.43 Å². The summed E-state index contributed by atoms with van der Waals surface area (Å²) >= 11 is 9.33. The molecule has 0 aliphatic heterocycles. The number of halogens is 2. The van der Waals surface area contributed by atoms with Crippen LogP contribution in [0.4, 0.5) is 5.69 Å². The van der Waals surface area contributed by atoms with Gasteiger partial charge in [0.25, 0.3) is 5.91 Å². The summed E-state index contributed by atoms with van der Waals surface area (Å²) in [5.74, 6) is -0.208. The first kappa shape index (κ1) is 18.5. The minimum Gasteiger partial charge on any atom is -0.374 e. The minimum absolute atomic E-state index is 0.208. The molecule has 1 unspecified atom stereocenters. The van der Waals surface area contributed by atoms with Crippen LogP contribution >= 0.6 is 27.5 Å². The molecule has 0 saturated heterocycles. The quantitative estimate of drug-likeness (QED) is 0.554. The molecule has 2 N–H and O–H groups in total. The fourth-order valence-electron chi connectivity index (χ4n) is 2.08. The average Bonchev–Trinajstić information content (AvgIpc) is 2.55. The first-order valence-corrected chi connectivity index (χ1v) is 8.66. The van der Waals surface area contributed by atoms with Crippen molar-refractivity contribution in [1.29, 1.82) is 0 Å². The molecule has 0 spiro atoms. The van der Waals surface area contributed by atoms with E-state index in [0.29, 0.717) is 5.02 Å². The lowest BCUT2D eigenvalue weighted by molar-refractivity contribution is -0.121. The van der Waals surface area contributed by atoms with E-state index in [2.05, 4.69) is 31.8 Å². The Hall–Kier alpha value is -1.85. The standard InChI is InChI=1S/C18H19BrClN3O/c1-11-10-16(20)8-9-17(11)21-13(3)18(24)23-22-12(2)14-4-6-15(19)7-5-14/h4-10,13,21H,1-3H3,(H,23,24). The predicted molar refractivity (Wildman–Crippen MR) is 104 cm³/mol. The van der Waals surface area contributed by atoms with Crippen LogP contribution in [0.2, 0.25) is 5.02 Å². The number of nitrogens with one attached hydrogen (secondary N) is 2. The summed E-state index contributed by atoms with van der Waals surface area (Å²) in [7, 11) is 0. The van der Waals surface area contributed by atoms with Crippen LogP contribution in [0.3, 0.4) is 0 Å². The van der Waals surface area contributed by atoms with Crippen LogP contribution in [0.25, 0.3) is 0 Å². The van der Waals surface area contributed by atoms with Gasteiger partial charge >= 0.3 is 0 Å². The number of benzene rings is 2. The van der Waals surface area contributed by atoms with Gasteiger partial charge in [-0.2, -0.15) is 5.10 Å². The Morgan fingerprint density at radius 3 is 2.50 bits per heavy atom. The maximum absolute atomic E-state index is 12.2. The van der Waals surface area contributed by atoms with Crippen LogP contribution in [-0.2, 0) is 4.79 Å². The highest BCUT2D eigenvalue weighted by molar-refractivity contribution is 9.10. The van der Waals surface area contributed by atoms with Crippen LogP contribution < -0.4 is 10.7 Å². The van der Waals surface area contributed by atoms with Gasteiger partial charge in [-0.3, -0.25) is 4.79 Å². The van der Waals surface area contributed by atoms with E-state index < -0.39 is 6.04 Å². The normalized spacial score (nSPS) is 12.6. The maximum atomic E-state index is 12.2. The van der Waals surface area contributed by atoms with Gasteiger partial charge in [0.05, 0.1) is 5.71 Å². The Kier molecular flexibility index (Phi) is 6.40. The van der Waals surface area contributed by atoms with Crippen molar-refractivity contribution in [3.8, 4) is 0 Å². The third-order valence-corrected chi connectivity index (χ3v) is 4.31. The van der Waals surface area contributed by atoms with Crippen molar-refractivity contribution in [2.45, 2.75) is 26.8 Å². The van der Waals surface area contributed by atoms with Crippen molar-refractivity contribution in [2.24, 2.45) is 5.10 Å². The van der Waals surface area contributed by atoms with E-state index in [0.717, 1.165) is 27.0 Å². The molecule has 126 valence electrons. The molecule has 2 rings (SSSR count). The van der Waals surface area contributed by atoms with Crippen molar-refractivity contribution in [3.05, 3.63) is 63.1 Å². The summed E-state index contributed by atoms with van der Waals surface area (Å²) in [6, 6.07) is 12.8. The molecular formula is C18H19BrClN3O. The molecule has 0 radical (unpaired) electrons. The second-order valence-corrected chi connectivity index (χ2v) is 6.86. The van der Waals surface area contributed by atoms with Crippen molar-refractivity contribution in [2.75, 3.05) is 5.32 Å². The van der Waals surface area contributed by atoms with E-state index >= 15 is 0 Å². The average molecular weight is 409 g/mol. The van der Waals surface area contributed by atoms with Crippen LogP contribution in [-0.4, -0.2) is 17.7 Å². The largest absolute Gasteiger partial charge is 0.374 e. The Labute approximate surface area is 155 Å². The highest BCUT2D eigenvalue weighted by Crippen LogP contribution is 2.20. The lowest BCUT2D eigenvalue weighted by atomic mass is 10.1. The fourth-order valence-corrected chi connectivity index (χ4v) is 2.57. The number of hydrogen-bond donors (Lipinski definition) is 2. The summed E-state index contributed by atoms with van der Waals surface area (Å²) in [6.07, 6.45) is 0. The van der Waals surface area contributed by atoms with E-state index in [4.69, 9.17) is 11.6 Å². The summed E-state index contributed by atoms with van der Waals surface area (Å²) in [5.41, 5.74) is 6.14. The van der Waals surface area contributed by atoms with Gasteiger partial charge in [-0.1, -0.05) is 39.7 Å². The molecule has 0 aliphatic rings. The van der Waals surface area contributed by atoms with E-state index in [9.17, 15) is 4.79 Å². The number of anilines is 1. The van der Waals surface area contributed by atoms with Crippen LogP contribution in [0, 0.1) is 6.92 Å². The first-order chi connectivity index (χ1) is 11.4. The smallest absolute Gasteiger partial charge is 0.262 e. The van der Waals surface area contributed by atoms with Gasteiger partial charge < -0.3 is 5.32 Å². The van der Waals surface area contributed by atoms with Gasteiger partial charge in [-0.05, 0) is 62.2 Å². The van der Waals surface area contributed by atoms with Gasteiger partial charge in [0.15, 0.2) is 0 Å². The number of rotatable bonds is 5. The third-order valence-electron chi connectivity index (χ3n) is 3.55. The summed E-state index contributed by atoms with van der Waals surface area (Å²) < 4.78 is 0.999. The van der Waals surface area contributed by atoms with Crippen molar-refractivity contribution >= 4 is 44.8 Å². The molecule has 6 heteroatoms. The molecule has 24 heavy (non-hydrogen) atoms.